The lowest BCUT2D eigenvalue weighted by Crippen LogP contribution is -2.26. The highest BCUT2D eigenvalue weighted by Gasteiger charge is 2.22. The van der Waals surface area contributed by atoms with E-state index in [1.165, 1.54) is 6.33 Å². The van der Waals surface area contributed by atoms with Gasteiger partial charge in [-0.25, -0.2) is 14.8 Å². The lowest BCUT2D eigenvalue weighted by molar-refractivity contribution is -0.142. The zero-order valence-electron chi connectivity index (χ0n) is 19.8. The van der Waals surface area contributed by atoms with Gasteiger partial charge in [-0.1, -0.05) is 32.8 Å². The maximum absolute atomic E-state index is 12.4. The van der Waals surface area contributed by atoms with E-state index in [9.17, 15) is 9.59 Å². The van der Waals surface area contributed by atoms with Crippen LogP contribution in [0.15, 0.2) is 42.7 Å². The molecule has 0 fully saturated rings. The van der Waals surface area contributed by atoms with Gasteiger partial charge in [0, 0.05) is 28.1 Å². The summed E-state index contributed by atoms with van der Waals surface area (Å²) in [5.74, 6) is 2.64. The molecule has 0 atom stereocenters. The Bertz CT molecular complexity index is 1260. The van der Waals surface area contributed by atoms with E-state index >= 15 is 0 Å². The Labute approximate surface area is 203 Å². The number of hydrogen-bond donors (Lipinski definition) is 2. The quantitative estimate of drug-likeness (QED) is 0.314. The number of nitrogens with zero attached hydrogens (tertiary/aromatic N) is 2. The lowest BCUT2D eigenvalue weighted by atomic mass is 9.91. The molecule has 0 unspecified atom stereocenters. The summed E-state index contributed by atoms with van der Waals surface area (Å²) in [5, 5.41) is 12.6. The van der Waals surface area contributed by atoms with Crippen LogP contribution in [0.4, 0.5) is 11.5 Å². The van der Waals surface area contributed by atoms with E-state index < -0.39 is 18.0 Å². The van der Waals surface area contributed by atoms with Gasteiger partial charge in [0.25, 0.3) is 0 Å². The van der Waals surface area contributed by atoms with Crippen LogP contribution in [0.1, 0.15) is 26.3 Å². The standard InChI is InChI=1S/C26H27N3O6/c1-5-17-7-6-8-18(11-17)29-25-19-12-21(35-14-23(30)26(2,3)4)22(13-20(19)27-16-28-25)34-10-9-33-15-24(31)32/h1,6-8,11-13,16H,9-10,14-15H2,2-4H3,(H,31,32)(H,27,28,29). The Morgan fingerprint density at radius 1 is 1.06 bits per heavy atom. The normalized spacial score (nSPS) is 11.0. The van der Waals surface area contributed by atoms with Crippen LogP contribution in [-0.2, 0) is 14.3 Å². The second kappa shape index (κ2) is 11.3. The number of carbonyl (C=O) groups is 2. The molecule has 3 aromatic rings. The molecule has 0 spiro atoms. The predicted molar refractivity (Wildman–Crippen MR) is 131 cm³/mol. The molecule has 3 rings (SSSR count). The van der Waals surface area contributed by atoms with Gasteiger partial charge in [0.1, 0.15) is 32.0 Å². The van der Waals surface area contributed by atoms with Gasteiger partial charge in [0.05, 0.1) is 12.1 Å². The fraction of sp³-hybridized carbons (Fsp3) is 0.308. The van der Waals surface area contributed by atoms with Crippen LogP contribution in [0.25, 0.3) is 10.9 Å². The number of ketones is 1. The van der Waals surface area contributed by atoms with Gasteiger partial charge in [-0.3, -0.25) is 4.79 Å². The van der Waals surface area contributed by atoms with Crippen LogP contribution in [0.2, 0.25) is 0 Å². The molecule has 0 aliphatic carbocycles. The zero-order valence-corrected chi connectivity index (χ0v) is 19.8. The molecule has 1 heterocycles. The van der Waals surface area contributed by atoms with Crippen LogP contribution >= 0.6 is 0 Å². The molecule has 9 heteroatoms. The predicted octanol–water partition coefficient (Wildman–Crippen LogP) is 3.83. The molecular formula is C26H27N3O6. The zero-order chi connectivity index (χ0) is 25.4. The number of anilines is 2. The van der Waals surface area contributed by atoms with Crippen LogP contribution in [-0.4, -0.2) is 53.3 Å². The van der Waals surface area contributed by atoms with Crippen molar-refractivity contribution < 1.29 is 28.9 Å². The Morgan fingerprint density at radius 2 is 1.83 bits per heavy atom. The van der Waals surface area contributed by atoms with Crippen molar-refractivity contribution in [3.05, 3.63) is 48.3 Å². The fourth-order valence-corrected chi connectivity index (χ4v) is 2.94. The summed E-state index contributed by atoms with van der Waals surface area (Å²) in [6.45, 7) is 5.02. The summed E-state index contributed by atoms with van der Waals surface area (Å²) in [5.41, 5.74) is 1.48. The van der Waals surface area contributed by atoms with E-state index in [0.29, 0.717) is 28.2 Å². The minimum atomic E-state index is -1.06. The Kier molecular flexibility index (Phi) is 8.23. The van der Waals surface area contributed by atoms with Gasteiger partial charge in [-0.2, -0.15) is 0 Å². The molecule has 0 radical (unpaired) electrons. The first-order valence-corrected chi connectivity index (χ1v) is 10.9. The number of Topliss-reactive ketones (excluding diaryl/α,β-unsaturated/α-hetero) is 1. The Balaban J connectivity index is 1.91. The van der Waals surface area contributed by atoms with Crippen LogP contribution in [0, 0.1) is 17.8 Å². The maximum atomic E-state index is 12.4. The van der Waals surface area contributed by atoms with Crippen molar-refractivity contribution in [2.75, 3.05) is 31.7 Å². The van der Waals surface area contributed by atoms with Gasteiger partial charge in [-0.15, -0.1) is 6.42 Å². The number of carboxylic acid groups (broad SMARTS) is 1. The molecule has 0 bridgehead atoms. The highest BCUT2D eigenvalue weighted by Crippen LogP contribution is 2.35. The maximum Gasteiger partial charge on any atom is 0.329 e. The minimum Gasteiger partial charge on any atom is -0.487 e. The topological polar surface area (TPSA) is 120 Å². The Morgan fingerprint density at radius 3 is 2.54 bits per heavy atom. The lowest BCUT2D eigenvalue weighted by Gasteiger charge is -2.19. The van der Waals surface area contributed by atoms with E-state index in [4.69, 9.17) is 25.7 Å². The number of ether oxygens (including phenoxy) is 3. The molecule has 0 aliphatic heterocycles. The molecule has 35 heavy (non-hydrogen) atoms. The number of aromatic nitrogens is 2. The number of nitrogens with one attached hydrogen (secondary N) is 1. The van der Waals surface area contributed by atoms with E-state index in [1.54, 1.807) is 12.1 Å². The van der Waals surface area contributed by atoms with Crippen molar-refractivity contribution >= 4 is 34.2 Å². The first-order valence-electron chi connectivity index (χ1n) is 10.9. The van der Waals surface area contributed by atoms with Crippen molar-refractivity contribution in [1.29, 1.82) is 0 Å². The Hall–Kier alpha value is -4.16. The summed E-state index contributed by atoms with van der Waals surface area (Å²) in [7, 11) is 0. The van der Waals surface area contributed by atoms with Gasteiger partial charge >= 0.3 is 5.97 Å². The SMILES string of the molecule is C#Cc1cccc(Nc2ncnc3cc(OCCOCC(=O)O)c(OCC(=O)C(C)(C)C)cc23)c1. The summed E-state index contributed by atoms with van der Waals surface area (Å²) in [6, 6.07) is 10.7. The van der Waals surface area contributed by atoms with Crippen molar-refractivity contribution in [1.82, 2.24) is 9.97 Å². The highest BCUT2D eigenvalue weighted by molar-refractivity contribution is 5.93. The molecule has 0 saturated heterocycles. The molecular weight excluding hydrogens is 450 g/mol. The highest BCUT2D eigenvalue weighted by atomic mass is 16.5. The second-order valence-corrected chi connectivity index (χ2v) is 8.65. The molecule has 0 amide bonds. The second-order valence-electron chi connectivity index (χ2n) is 8.65. The van der Waals surface area contributed by atoms with Crippen LogP contribution in [0.5, 0.6) is 11.5 Å². The average Bonchev–Trinajstić information content (AvgIpc) is 2.81. The van der Waals surface area contributed by atoms with E-state index in [2.05, 4.69) is 21.2 Å². The van der Waals surface area contributed by atoms with Gasteiger partial charge in [-0.05, 0) is 24.3 Å². The summed E-state index contributed by atoms with van der Waals surface area (Å²) in [6.07, 6.45) is 6.92. The molecule has 9 nitrogen and oxygen atoms in total. The molecule has 0 aliphatic rings. The number of benzene rings is 2. The number of carbonyl (C=O) groups excluding carboxylic acids is 1. The van der Waals surface area contributed by atoms with Crippen molar-refractivity contribution in [3.63, 3.8) is 0 Å². The monoisotopic (exact) mass is 477 g/mol. The minimum absolute atomic E-state index is 0.0623. The molecule has 2 N–H and O–H groups in total. The van der Waals surface area contributed by atoms with E-state index in [1.807, 2.05) is 45.0 Å². The molecule has 0 saturated carbocycles. The number of carboxylic acids is 1. The van der Waals surface area contributed by atoms with E-state index in [0.717, 1.165) is 11.3 Å². The largest absolute Gasteiger partial charge is 0.487 e. The summed E-state index contributed by atoms with van der Waals surface area (Å²) in [4.78, 5) is 31.7. The van der Waals surface area contributed by atoms with Crippen molar-refractivity contribution in [2.45, 2.75) is 20.8 Å². The number of rotatable bonds is 11. The molecule has 182 valence electrons. The molecule has 1 aromatic heterocycles. The van der Waals surface area contributed by atoms with Gasteiger partial charge in [0.15, 0.2) is 17.3 Å². The van der Waals surface area contributed by atoms with Crippen molar-refractivity contribution in [3.8, 4) is 23.8 Å². The summed E-state index contributed by atoms with van der Waals surface area (Å²) >= 11 is 0. The first-order chi connectivity index (χ1) is 16.7. The number of hydrogen-bond acceptors (Lipinski definition) is 8. The fourth-order valence-electron chi connectivity index (χ4n) is 2.94. The van der Waals surface area contributed by atoms with E-state index in [-0.39, 0.29) is 25.6 Å². The van der Waals surface area contributed by atoms with Crippen LogP contribution in [0.3, 0.4) is 0 Å². The third-order valence-corrected chi connectivity index (χ3v) is 4.90. The van der Waals surface area contributed by atoms with Gasteiger partial charge in [0.2, 0.25) is 0 Å². The average molecular weight is 478 g/mol. The first kappa shape index (κ1) is 25.5. The summed E-state index contributed by atoms with van der Waals surface area (Å²) < 4.78 is 16.6. The molecule has 2 aromatic carbocycles. The third kappa shape index (κ3) is 7.16. The third-order valence-electron chi connectivity index (χ3n) is 4.90. The van der Waals surface area contributed by atoms with Crippen LogP contribution < -0.4 is 14.8 Å². The number of terminal acetylenes is 1. The number of aliphatic carboxylic acids is 1. The smallest absolute Gasteiger partial charge is 0.329 e. The van der Waals surface area contributed by atoms with Crippen molar-refractivity contribution in [2.24, 2.45) is 5.41 Å². The van der Waals surface area contributed by atoms with Gasteiger partial charge < -0.3 is 24.6 Å². The number of fused-ring (bicyclic) bond motifs is 1.